The van der Waals surface area contributed by atoms with E-state index < -0.39 is 35.0 Å². The Morgan fingerprint density at radius 3 is 2.54 bits per heavy atom. The van der Waals surface area contributed by atoms with Crippen LogP contribution in [0.5, 0.6) is 0 Å². The first-order valence-electron chi connectivity index (χ1n) is 8.78. The Morgan fingerprint density at radius 1 is 1.11 bits per heavy atom. The molecule has 8 heteroatoms. The van der Waals surface area contributed by atoms with Crippen LogP contribution in [0.25, 0.3) is 0 Å². The van der Waals surface area contributed by atoms with Crippen LogP contribution in [0.3, 0.4) is 0 Å². The van der Waals surface area contributed by atoms with Gasteiger partial charge in [-0.15, -0.1) is 0 Å². The molecule has 2 aromatic carbocycles. The van der Waals surface area contributed by atoms with Gasteiger partial charge < -0.3 is 15.0 Å². The van der Waals surface area contributed by atoms with E-state index in [2.05, 4.69) is 5.32 Å². The Kier molecular flexibility index (Phi) is 5.99. The van der Waals surface area contributed by atoms with Crippen LogP contribution in [-0.2, 0) is 9.53 Å². The summed E-state index contributed by atoms with van der Waals surface area (Å²) >= 11 is 0. The van der Waals surface area contributed by atoms with Gasteiger partial charge in [0, 0.05) is 6.54 Å². The molecule has 0 bridgehead atoms. The number of hydrogen-bond acceptors (Lipinski definition) is 3. The number of morpholine rings is 1. The van der Waals surface area contributed by atoms with E-state index >= 15 is 0 Å². The standard InChI is InChI=1S/C20H19F3N2O3/c1-12(24-19(26)14-7-8-15(21)18(23)17(14)22)20(27)25-9-10-28-16(11-25)13-5-3-2-4-6-13/h2-8,12,16H,9-11H2,1H3,(H,24,26)/t12-,16?/m0/s1. The summed E-state index contributed by atoms with van der Waals surface area (Å²) in [5.74, 6) is -6.08. The highest BCUT2D eigenvalue weighted by Crippen LogP contribution is 2.22. The van der Waals surface area contributed by atoms with E-state index in [1.807, 2.05) is 30.3 Å². The topological polar surface area (TPSA) is 58.6 Å². The maximum Gasteiger partial charge on any atom is 0.255 e. The SMILES string of the molecule is C[C@H](NC(=O)c1ccc(F)c(F)c1F)C(=O)N1CCOC(c2ccccc2)C1. The number of rotatable bonds is 4. The fourth-order valence-electron chi connectivity index (χ4n) is 3.03. The average molecular weight is 392 g/mol. The Bertz CT molecular complexity index is 876. The largest absolute Gasteiger partial charge is 0.370 e. The fraction of sp³-hybridized carbons (Fsp3) is 0.300. The molecule has 148 valence electrons. The minimum absolute atomic E-state index is 0.287. The molecular formula is C20H19F3N2O3. The Balaban J connectivity index is 1.65. The van der Waals surface area contributed by atoms with Gasteiger partial charge in [-0.2, -0.15) is 0 Å². The molecule has 1 fully saturated rings. The maximum absolute atomic E-state index is 13.8. The number of amides is 2. The number of hydrogen-bond donors (Lipinski definition) is 1. The molecule has 1 aliphatic rings. The third kappa shape index (κ3) is 4.17. The zero-order chi connectivity index (χ0) is 20.3. The first-order valence-corrected chi connectivity index (χ1v) is 8.78. The lowest BCUT2D eigenvalue weighted by atomic mass is 10.1. The van der Waals surface area contributed by atoms with Crippen LogP contribution in [0.4, 0.5) is 13.2 Å². The van der Waals surface area contributed by atoms with Crippen LogP contribution in [0, 0.1) is 17.5 Å². The third-order valence-corrected chi connectivity index (χ3v) is 4.55. The van der Waals surface area contributed by atoms with Crippen LogP contribution in [-0.4, -0.2) is 42.5 Å². The molecule has 1 N–H and O–H groups in total. The van der Waals surface area contributed by atoms with Crippen LogP contribution >= 0.6 is 0 Å². The summed E-state index contributed by atoms with van der Waals surface area (Å²) < 4.78 is 45.8. The monoisotopic (exact) mass is 392 g/mol. The van der Waals surface area contributed by atoms with Gasteiger partial charge in [0.05, 0.1) is 18.7 Å². The van der Waals surface area contributed by atoms with Crippen LogP contribution < -0.4 is 5.32 Å². The number of benzene rings is 2. The van der Waals surface area contributed by atoms with Crippen molar-refractivity contribution in [1.82, 2.24) is 10.2 Å². The third-order valence-electron chi connectivity index (χ3n) is 4.55. The molecule has 0 aliphatic carbocycles. The molecule has 28 heavy (non-hydrogen) atoms. The van der Waals surface area contributed by atoms with E-state index in [9.17, 15) is 22.8 Å². The molecule has 3 rings (SSSR count). The van der Waals surface area contributed by atoms with E-state index in [0.29, 0.717) is 25.8 Å². The maximum atomic E-state index is 13.8. The van der Waals surface area contributed by atoms with E-state index in [1.54, 1.807) is 4.90 Å². The molecule has 0 radical (unpaired) electrons. The number of carbonyl (C=O) groups is 2. The molecule has 0 aromatic heterocycles. The summed E-state index contributed by atoms with van der Waals surface area (Å²) in [6.45, 7) is 2.44. The van der Waals surface area contributed by atoms with Gasteiger partial charge in [-0.1, -0.05) is 30.3 Å². The predicted molar refractivity (Wildman–Crippen MR) is 95.0 cm³/mol. The molecule has 1 heterocycles. The van der Waals surface area contributed by atoms with E-state index in [-0.39, 0.29) is 12.0 Å². The summed E-state index contributed by atoms with van der Waals surface area (Å²) in [6, 6.07) is 9.94. The molecule has 1 aliphatic heterocycles. The molecule has 0 spiro atoms. The number of ether oxygens (including phenoxy) is 1. The van der Waals surface area contributed by atoms with Crippen molar-refractivity contribution in [3.63, 3.8) is 0 Å². The molecule has 1 saturated heterocycles. The van der Waals surface area contributed by atoms with E-state index in [0.717, 1.165) is 11.6 Å². The highest BCUT2D eigenvalue weighted by molar-refractivity contribution is 5.97. The van der Waals surface area contributed by atoms with Gasteiger partial charge in [-0.05, 0) is 24.6 Å². The van der Waals surface area contributed by atoms with Crippen molar-refractivity contribution in [3.8, 4) is 0 Å². The Labute approximate surface area is 160 Å². The minimum Gasteiger partial charge on any atom is -0.370 e. The lowest BCUT2D eigenvalue weighted by Gasteiger charge is -2.34. The highest BCUT2D eigenvalue weighted by Gasteiger charge is 2.29. The summed E-state index contributed by atoms with van der Waals surface area (Å²) in [4.78, 5) is 26.4. The average Bonchev–Trinajstić information content (AvgIpc) is 2.72. The van der Waals surface area contributed by atoms with Crippen molar-refractivity contribution >= 4 is 11.8 Å². The van der Waals surface area contributed by atoms with Gasteiger partial charge in [-0.25, -0.2) is 13.2 Å². The molecule has 5 nitrogen and oxygen atoms in total. The smallest absolute Gasteiger partial charge is 0.255 e. The minimum atomic E-state index is -1.73. The lowest BCUT2D eigenvalue weighted by Crippen LogP contribution is -2.51. The molecule has 2 amide bonds. The van der Waals surface area contributed by atoms with Gasteiger partial charge in [0.2, 0.25) is 5.91 Å². The zero-order valence-electron chi connectivity index (χ0n) is 15.1. The normalized spacial score (nSPS) is 17.9. The van der Waals surface area contributed by atoms with Gasteiger partial charge in [0.15, 0.2) is 17.5 Å². The quantitative estimate of drug-likeness (QED) is 0.815. The zero-order valence-corrected chi connectivity index (χ0v) is 15.1. The predicted octanol–water partition coefficient (Wildman–Crippen LogP) is 2.82. The van der Waals surface area contributed by atoms with Gasteiger partial charge >= 0.3 is 0 Å². The molecule has 0 saturated carbocycles. The van der Waals surface area contributed by atoms with Gasteiger partial charge in [-0.3, -0.25) is 9.59 Å². The lowest BCUT2D eigenvalue weighted by molar-refractivity contribution is -0.140. The van der Waals surface area contributed by atoms with Crippen molar-refractivity contribution in [2.24, 2.45) is 0 Å². The Morgan fingerprint density at radius 2 is 1.82 bits per heavy atom. The second kappa shape index (κ2) is 8.43. The van der Waals surface area contributed by atoms with Gasteiger partial charge in [0.1, 0.15) is 12.1 Å². The summed E-state index contributed by atoms with van der Waals surface area (Å²) in [5.41, 5.74) is 0.267. The van der Waals surface area contributed by atoms with Crippen LogP contribution in [0.2, 0.25) is 0 Å². The van der Waals surface area contributed by atoms with Gasteiger partial charge in [0.25, 0.3) is 5.91 Å². The van der Waals surface area contributed by atoms with E-state index in [1.165, 1.54) is 6.92 Å². The Hall–Kier alpha value is -2.87. The number of carbonyl (C=O) groups excluding carboxylic acids is 2. The summed E-state index contributed by atoms with van der Waals surface area (Å²) in [6.07, 6.45) is -0.287. The second-order valence-corrected chi connectivity index (χ2v) is 6.47. The van der Waals surface area contributed by atoms with Crippen LogP contribution in [0.1, 0.15) is 28.9 Å². The molecular weight excluding hydrogens is 373 g/mol. The summed E-state index contributed by atoms with van der Waals surface area (Å²) in [7, 11) is 0. The highest BCUT2D eigenvalue weighted by atomic mass is 19.2. The molecule has 1 unspecified atom stereocenters. The molecule has 2 atom stereocenters. The van der Waals surface area contributed by atoms with Crippen molar-refractivity contribution in [2.45, 2.75) is 19.1 Å². The number of nitrogens with zero attached hydrogens (tertiary/aromatic N) is 1. The van der Waals surface area contributed by atoms with Crippen molar-refractivity contribution < 1.29 is 27.5 Å². The fourth-order valence-corrected chi connectivity index (χ4v) is 3.03. The first kappa shape index (κ1) is 19.9. The van der Waals surface area contributed by atoms with Crippen LogP contribution in [0.15, 0.2) is 42.5 Å². The number of nitrogens with one attached hydrogen (secondary N) is 1. The summed E-state index contributed by atoms with van der Waals surface area (Å²) in [5, 5.41) is 2.34. The van der Waals surface area contributed by atoms with E-state index in [4.69, 9.17) is 4.74 Å². The van der Waals surface area contributed by atoms with Crippen molar-refractivity contribution in [3.05, 3.63) is 71.0 Å². The van der Waals surface area contributed by atoms with Crippen molar-refractivity contribution in [1.29, 1.82) is 0 Å². The first-order chi connectivity index (χ1) is 13.4. The number of halogens is 3. The van der Waals surface area contributed by atoms with Crippen molar-refractivity contribution in [2.75, 3.05) is 19.7 Å². The molecule has 2 aromatic rings. The second-order valence-electron chi connectivity index (χ2n) is 6.47.